The Bertz CT molecular complexity index is 866. The lowest BCUT2D eigenvalue weighted by Crippen LogP contribution is -2.26. The third-order valence-corrected chi connectivity index (χ3v) is 4.27. The number of carbonyl (C=O) groups excluding carboxylic acids is 1. The molecule has 0 aliphatic heterocycles. The zero-order chi connectivity index (χ0) is 17.9. The Labute approximate surface area is 139 Å². The summed E-state index contributed by atoms with van der Waals surface area (Å²) in [6.45, 7) is 1.64. The monoisotopic (exact) mass is 353 g/mol. The quantitative estimate of drug-likeness (QED) is 0.899. The maximum absolute atomic E-state index is 13.3. The number of nitrogens with one attached hydrogen (secondary N) is 1. The van der Waals surface area contributed by atoms with E-state index in [4.69, 9.17) is 0 Å². The molecule has 2 rings (SSSR count). The third-order valence-electron chi connectivity index (χ3n) is 3.41. The van der Waals surface area contributed by atoms with Gasteiger partial charge in [-0.25, -0.2) is 17.2 Å². The Hall–Kier alpha value is -2.28. The number of benzene rings is 2. The highest BCUT2D eigenvalue weighted by molar-refractivity contribution is 7.89. The minimum absolute atomic E-state index is 0.160. The van der Waals surface area contributed by atoms with Crippen LogP contribution in [-0.4, -0.2) is 20.6 Å². The molecule has 0 aliphatic rings. The molecule has 1 amide bonds. The maximum Gasteiger partial charge on any atom is 0.251 e. The van der Waals surface area contributed by atoms with E-state index in [1.807, 2.05) is 0 Å². The lowest BCUT2D eigenvalue weighted by atomic mass is 10.1. The first-order chi connectivity index (χ1) is 11.2. The van der Waals surface area contributed by atoms with E-state index in [2.05, 4.69) is 5.32 Å². The fourth-order valence-corrected chi connectivity index (χ4v) is 3.04. The van der Waals surface area contributed by atoms with Gasteiger partial charge in [-0.3, -0.25) is 4.79 Å². The molecule has 0 bridgehead atoms. The van der Waals surface area contributed by atoms with Gasteiger partial charge in [0.25, 0.3) is 5.91 Å². The van der Waals surface area contributed by atoms with Crippen molar-refractivity contribution in [2.75, 3.05) is 6.26 Å². The molecule has 0 heterocycles. The van der Waals surface area contributed by atoms with Crippen molar-refractivity contribution in [1.29, 1.82) is 0 Å². The second-order valence-electron chi connectivity index (χ2n) is 5.64. The van der Waals surface area contributed by atoms with Gasteiger partial charge in [-0.05, 0) is 42.3 Å². The zero-order valence-corrected chi connectivity index (χ0v) is 14.0. The molecule has 128 valence electrons. The van der Waals surface area contributed by atoms with Gasteiger partial charge in [0, 0.05) is 11.8 Å². The molecule has 0 spiro atoms. The Morgan fingerprint density at radius 1 is 1.12 bits per heavy atom. The first kappa shape index (κ1) is 18.1. The predicted molar refractivity (Wildman–Crippen MR) is 87.2 cm³/mol. The molecule has 0 aromatic heterocycles. The number of rotatable bonds is 5. The van der Waals surface area contributed by atoms with Crippen LogP contribution < -0.4 is 5.32 Å². The number of hydrogen-bond donors (Lipinski definition) is 1. The average Bonchev–Trinajstić information content (AvgIpc) is 2.48. The van der Waals surface area contributed by atoms with Crippen molar-refractivity contribution in [2.45, 2.75) is 18.7 Å². The molecule has 7 heteroatoms. The molecule has 0 radical (unpaired) electrons. The van der Waals surface area contributed by atoms with Crippen molar-refractivity contribution in [3.05, 3.63) is 70.8 Å². The molecular weight excluding hydrogens is 336 g/mol. The largest absolute Gasteiger partial charge is 0.346 e. The van der Waals surface area contributed by atoms with Crippen LogP contribution in [0.2, 0.25) is 0 Å². The average molecular weight is 353 g/mol. The molecule has 0 fully saturated rings. The summed E-state index contributed by atoms with van der Waals surface area (Å²) in [4.78, 5) is 12.3. The first-order valence-electron chi connectivity index (χ1n) is 7.18. The first-order valence-corrected chi connectivity index (χ1v) is 9.24. The van der Waals surface area contributed by atoms with Gasteiger partial charge in [-0.15, -0.1) is 0 Å². The highest BCUT2D eigenvalue weighted by atomic mass is 32.2. The second-order valence-corrected chi connectivity index (χ2v) is 7.78. The second kappa shape index (κ2) is 7.09. The molecule has 2 aromatic rings. The Morgan fingerprint density at radius 2 is 1.83 bits per heavy atom. The Balaban J connectivity index is 2.14. The number of hydrogen-bond acceptors (Lipinski definition) is 3. The van der Waals surface area contributed by atoms with Crippen LogP contribution in [0.15, 0.2) is 42.5 Å². The number of amides is 1. The van der Waals surface area contributed by atoms with Gasteiger partial charge in [0.2, 0.25) is 0 Å². The van der Waals surface area contributed by atoms with Gasteiger partial charge < -0.3 is 5.32 Å². The summed E-state index contributed by atoms with van der Waals surface area (Å²) in [5, 5.41) is 2.67. The molecule has 0 aliphatic carbocycles. The minimum atomic E-state index is -3.20. The van der Waals surface area contributed by atoms with Crippen LogP contribution in [0.1, 0.15) is 34.5 Å². The van der Waals surface area contributed by atoms with Crippen LogP contribution in [0, 0.1) is 11.6 Å². The topological polar surface area (TPSA) is 63.2 Å². The van der Waals surface area contributed by atoms with E-state index in [9.17, 15) is 22.0 Å². The Kier molecular flexibility index (Phi) is 5.33. The third kappa shape index (κ3) is 4.86. The van der Waals surface area contributed by atoms with E-state index < -0.39 is 33.4 Å². The van der Waals surface area contributed by atoms with Gasteiger partial charge >= 0.3 is 0 Å². The van der Waals surface area contributed by atoms with E-state index in [0.717, 1.165) is 18.4 Å². The summed E-state index contributed by atoms with van der Waals surface area (Å²) in [6, 6.07) is 9.15. The van der Waals surface area contributed by atoms with Crippen LogP contribution in [0.25, 0.3) is 0 Å². The van der Waals surface area contributed by atoms with Gasteiger partial charge in [-0.2, -0.15) is 0 Å². The zero-order valence-electron chi connectivity index (χ0n) is 13.2. The molecule has 0 saturated heterocycles. The number of carbonyl (C=O) groups is 1. The summed E-state index contributed by atoms with van der Waals surface area (Å²) >= 11 is 0. The van der Waals surface area contributed by atoms with Crippen LogP contribution in [0.3, 0.4) is 0 Å². The van der Waals surface area contributed by atoms with E-state index in [1.54, 1.807) is 25.1 Å². The van der Waals surface area contributed by atoms with Gasteiger partial charge in [-0.1, -0.05) is 18.2 Å². The molecule has 1 atom stereocenters. The smallest absolute Gasteiger partial charge is 0.251 e. The van der Waals surface area contributed by atoms with E-state index in [0.29, 0.717) is 16.7 Å². The minimum Gasteiger partial charge on any atom is -0.346 e. The van der Waals surface area contributed by atoms with Gasteiger partial charge in [0.05, 0.1) is 11.8 Å². The maximum atomic E-state index is 13.3. The van der Waals surface area contributed by atoms with Crippen molar-refractivity contribution >= 4 is 15.7 Å². The van der Waals surface area contributed by atoms with Gasteiger partial charge in [0.1, 0.15) is 0 Å². The van der Waals surface area contributed by atoms with Crippen molar-refractivity contribution in [3.63, 3.8) is 0 Å². The molecule has 24 heavy (non-hydrogen) atoms. The van der Waals surface area contributed by atoms with Crippen LogP contribution in [-0.2, 0) is 15.6 Å². The fraction of sp³-hybridized carbons (Fsp3) is 0.235. The molecule has 4 nitrogen and oxygen atoms in total. The van der Waals surface area contributed by atoms with Crippen LogP contribution >= 0.6 is 0 Å². The van der Waals surface area contributed by atoms with Crippen LogP contribution in [0.4, 0.5) is 8.78 Å². The molecule has 2 aromatic carbocycles. The van der Waals surface area contributed by atoms with E-state index >= 15 is 0 Å². The fourth-order valence-electron chi connectivity index (χ4n) is 2.25. The van der Waals surface area contributed by atoms with E-state index in [-0.39, 0.29) is 5.75 Å². The van der Waals surface area contributed by atoms with Crippen LogP contribution in [0.5, 0.6) is 0 Å². The Morgan fingerprint density at radius 3 is 2.46 bits per heavy atom. The molecule has 1 N–H and O–H groups in total. The molecule has 0 saturated carbocycles. The standard InChI is InChI=1S/C17H17F2NO3S/c1-11(13-6-7-15(18)16(19)9-13)20-17(21)14-5-3-4-12(8-14)10-24(2,22)23/h3-9,11H,10H2,1-2H3,(H,20,21). The van der Waals surface area contributed by atoms with Crippen molar-refractivity contribution in [1.82, 2.24) is 5.32 Å². The molecule has 1 unspecified atom stereocenters. The summed E-state index contributed by atoms with van der Waals surface area (Å²) < 4.78 is 48.9. The van der Waals surface area contributed by atoms with Crippen molar-refractivity contribution in [2.24, 2.45) is 0 Å². The summed E-state index contributed by atoms with van der Waals surface area (Å²) in [7, 11) is -3.20. The summed E-state index contributed by atoms with van der Waals surface area (Å²) in [5.41, 5.74) is 1.23. The van der Waals surface area contributed by atoms with Crippen molar-refractivity contribution in [3.8, 4) is 0 Å². The lowest BCUT2D eigenvalue weighted by molar-refractivity contribution is 0.0939. The highest BCUT2D eigenvalue weighted by Gasteiger charge is 2.14. The van der Waals surface area contributed by atoms with Gasteiger partial charge in [0.15, 0.2) is 21.5 Å². The normalized spacial score (nSPS) is 12.7. The van der Waals surface area contributed by atoms with Crippen molar-refractivity contribution < 1.29 is 22.0 Å². The summed E-state index contributed by atoms with van der Waals surface area (Å²) in [5.74, 6) is -2.52. The predicted octanol–water partition coefficient (Wildman–Crippen LogP) is 3.00. The summed E-state index contributed by atoms with van der Waals surface area (Å²) in [6.07, 6.45) is 1.12. The highest BCUT2D eigenvalue weighted by Crippen LogP contribution is 2.17. The SMILES string of the molecule is CC(NC(=O)c1cccc(CS(C)(=O)=O)c1)c1ccc(F)c(F)c1. The number of halogens is 2. The molecular formula is C17H17F2NO3S. The lowest BCUT2D eigenvalue weighted by Gasteiger charge is -2.15. The number of sulfone groups is 1. The van der Waals surface area contributed by atoms with E-state index in [1.165, 1.54) is 12.1 Å².